The van der Waals surface area contributed by atoms with Crippen LogP contribution in [-0.4, -0.2) is 35.1 Å². The van der Waals surface area contributed by atoms with E-state index in [9.17, 15) is 0 Å². The zero-order chi connectivity index (χ0) is 12.4. The first-order valence-corrected chi connectivity index (χ1v) is 5.88. The molecular formula is C12H19N5. The average Bonchev–Trinajstić information content (AvgIpc) is 2.69. The third-order valence-corrected chi connectivity index (χ3v) is 2.82. The fraction of sp³-hybridized carbons (Fsp3) is 0.500. The maximum atomic E-state index is 5.92. The van der Waals surface area contributed by atoms with E-state index in [2.05, 4.69) is 21.9 Å². The molecule has 0 bridgehead atoms. The number of nitrogens with zero attached hydrogens (tertiary/aromatic N) is 3. The fourth-order valence-electron chi connectivity index (χ4n) is 1.67. The SMILES string of the molecule is CCC(N)Cc1nc2nc(N(C)C)ccc2[nH]1. The van der Waals surface area contributed by atoms with E-state index < -0.39 is 0 Å². The molecule has 92 valence electrons. The molecule has 1 atom stereocenters. The summed E-state index contributed by atoms with van der Waals surface area (Å²) < 4.78 is 0. The highest BCUT2D eigenvalue weighted by Gasteiger charge is 2.08. The van der Waals surface area contributed by atoms with Gasteiger partial charge in [-0.3, -0.25) is 0 Å². The first-order valence-electron chi connectivity index (χ1n) is 5.88. The molecule has 0 amide bonds. The van der Waals surface area contributed by atoms with Crippen LogP contribution in [0.1, 0.15) is 19.2 Å². The number of aromatic amines is 1. The Morgan fingerprint density at radius 1 is 1.35 bits per heavy atom. The van der Waals surface area contributed by atoms with Crippen LogP contribution in [0.5, 0.6) is 0 Å². The minimum Gasteiger partial charge on any atom is -0.363 e. The van der Waals surface area contributed by atoms with Gasteiger partial charge in [-0.2, -0.15) is 0 Å². The van der Waals surface area contributed by atoms with Crippen LogP contribution in [0, 0.1) is 0 Å². The van der Waals surface area contributed by atoms with E-state index in [1.165, 1.54) is 0 Å². The molecule has 0 fully saturated rings. The van der Waals surface area contributed by atoms with Crippen molar-refractivity contribution in [2.75, 3.05) is 19.0 Å². The van der Waals surface area contributed by atoms with Gasteiger partial charge in [-0.15, -0.1) is 0 Å². The number of H-pyrrole nitrogens is 1. The van der Waals surface area contributed by atoms with Crippen molar-refractivity contribution in [2.45, 2.75) is 25.8 Å². The van der Waals surface area contributed by atoms with Crippen LogP contribution in [0.4, 0.5) is 5.82 Å². The molecule has 17 heavy (non-hydrogen) atoms. The van der Waals surface area contributed by atoms with Gasteiger partial charge in [0.05, 0.1) is 5.52 Å². The van der Waals surface area contributed by atoms with E-state index in [0.29, 0.717) is 0 Å². The van der Waals surface area contributed by atoms with Crippen molar-refractivity contribution >= 4 is 17.0 Å². The Bertz CT molecular complexity index is 503. The molecule has 0 radical (unpaired) electrons. The molecule has 5 heteroatoms. The summed E-state index contributed by atoms with van der Waals surface area (Å²) in [6, 6.07) is 4.14. The molecule has 0 aromatic carbocycles. The quantitative estimate of drug-likeness (QED) is 0.835. The molecule has 0 saturated heterocycles. The summed E-state index contributed by atoms with van der Waals surface area (Å²) in [6.07, 6.45) is 1.72. The maximum Gasteiger partial charge on any atom is 0.179 e. The van der Waals surface area contributed by atoms with Crippen LogP contribution in [0.15, 0.2) is 12.1 Å². The first kappa shape index (κ1) is 11.9. The van der Waals surface area contributed by atoms with Crippen LogP contribution in [-0.2, 0) is 6.42 Å². The number of anilines is 1. The van der Waals surface area contributed by atoms with E-state index in [4.69, 9.17) is 5.73 Å². The van der Waals surface area contributed by atoms with E-state index in [-0.39, 0.29) is 6.04 Å². The minimum atomic E-state index is 0.156. The van der Waals surface area contributed by atoms with Crippen LogP contribution in [0.2, 0.25) is 0 Å². The van der Waals surface area contributed by atoms with Gasteiger partial charge in [0.25, 0.3) is 0 Å². The lowest BCUT2D eigenvalue weighted by molar-refractivity contribution is 0.630. The second-order valence-electron chi connectivity index (χ2n) is 4.49. The van der Waals surface area contributed by atoms with E-state index >= 15 is 0 Å². The van der Waals surface area contributed by atoms with Crippen molar-refractivity contribution in [3.63, 3.8) is 0 Å². The average molecular weight is 233 g/mol. The summed E-state index contributed by atoms with van der Waals surface area (Å²) >= 11 is 0. The molecule has 0 saturated carbocycles. The van der Waals surface area contributed by atoms with Gasteiger partial charge in [0.1, 0.15) is 11.6 Å². The van der Waals surface area contributed by atoms with E-state index in [0.717, 1.165) is 35.6 Å². The molecule has 3 N–H and O–H groups in total. The Hall–Kier alpha value is -1.62. The summed E-state index contributed by atoms with van der Waals surface area (Å²) in [5, 5.41) is 0. The number of rotatable bonds is 4. The fourth-order valence-corrected chi connectivity index (χ4v) is 1.67. The van der Waals surface area contributed by atoms with Crippen LogP contribution in [0.25, 0.3) is 11.2 Å². The standard InChI is InChI=1S/C12H19N5/c1-4-8(13)7-10-14-9-5-6-11(17(2)3)16-12(9)15-10/h5-6,8H,4,7,13H2,1-3H3,(H,14,15,16). The summed E-state index contributed by atoms with van der Waals surface area (Å²) in [6.45, 7) is 2.08. The van der Waals surface area contributed by atoms with Gasteiger partial charge in [-0.1, -0.05) is 6.92 Å². The third-order valence-electron chi connectivity index (χ3n) is 2.82. The molecule has 2 aromatic heterocycles. The molecule has 2 rings (SSSR count). The van der Waals surface area contributed by atoms with Crippen molar-refractivity contribution < 1.29 is 0 Å². The van der Waals surface area contributed by atoms with Gasteiger partial charge >= 0.3 is 0 Å². The lowest BCUT2D eigenvalue weighted by Gasteiger charge is -2.09. The van der Waals surface area contributed by atoms with E-state index in [1.54, 1.807) is 0 Å². The number of fused-ring (bicyclic) bond motifs is 1. The number of nitrogens with one attached hydrogen (secondary N) is 1. The third kappa shape index (κ3) is 2.55. The van der Waals surface area contributed by atoms with Crippen molar-refractivity contribution in [3.8, 4) is 0 Å². The van der Waals surface area contributed by atoms with E-state index in [1.807, 2.05) is 31.1 Å². The highest BCUT2D eigenvalue weighted by molar-refractivity contribution is 5.73. The second kappa shape index (κ2) is 4.71. The smallest absolute Gasteiger partial charge is 0.179 e. The lowest BCUT2D eigenvalue weighted by atomic mass is 10.2. The molecule has 2 aromatic rings. The highest BCUT2D eigenvalue weighted by Crippen LogP contribution is 2.15. The normalized spacial score (nSPS) is 12.9. The predicted molar refractivity (Wildman–Crippen MR) is 70.2 cm³/mol. The molecule has 2 heterocycles. The second-order valence-corrected chi connectivity index (χ2v) is 4.49. The van der Waals surface area contributed by atoms with Gasteiger partial charge in [-0.25, -0.2) is 9.97 Å². The number of aromatic nitrogens is 3. The first-order chi connectivity index (χ1) is 8.10. The zero-order valence-electron chi connectivity index (χ0n) is 10.6. The van der Waals surface area contributed by atoms with Crippen molar-refractivity contribution in [3.05, 3.63) is 18.0 Å². The van der Waals surface area contributed by atoms with Gasteiger partial charge in [0.15, 0.2) is 5.65 Å². The minimum absolute atomic E-state index is 0.156. The monoisotopic (exact) mass is 233 g/mol. The van der Waals surface area contributed by atoms with Gasteiger partial charge in [0.2, 0.25) is 0 Å². The van der Waals surface area contributed by atoms with Gasteiger partial charge in [0, 0.05) is 26.6 Å². The molecule has 0 aliphatic rings. The molecule has 0 spiro atoms. The Balaban J connectivity index is 2.30. The molecule has 1 unspecified atom stereocenters. The lowest BCUT2D eigenvalue weighted by Crippen LogP contribution is -2.21. The summed E-state index contributed by atoms with van der Waals surface area (Å²) in [5.74, 6) is 1.83. The van der Waals surface area contributed by atoms with Gasteiger partial charge < -0.3 is 15.6 Å². The number of imidazole rings is 1. The van der Waals surface area contributed by atoms with Gasteiger partial charge in [-0.05, 0) is 18.6 Å². The highest BCUT2D eigenvalue weighted by atomic mass is 15.1. The Labute approximate surface area is 101 Å². The molecule has 0 aliphatic carbocycles. The summed E-state index contributed by atoms with van der Waals surface area (Å²) in [4.78, 5) is 14.2. The predicted octanol–water partition coefficient (Wildman–Crippen LogP) is 1.30. The maximum absolute atomic E-state index is 5.92. The Morgan fingerprint density at radius 2 is 2.12 bits per heavy atom. The molecular weight excluding hydrogens is 214 g/mol. The molecule has 5 nitrogen and oxygen atoms in total. The van der Waals surface area contributed by atoms with Crippen LogP contribution >= 0.6 is 0 Å². The van der Waals surface area contributed by atoms with Crippen molar-refractivity contribution in [2.24, 2.45) is 5.73 Å². The van der Waals surface area contributed by atoms with Crippen molar-refractivity contribution in [1.82, 2.24) is 15.0 Å². The summed E-state index contributed by atoms with van der Waals surface area (Å²) in [5.41, 5.74) is 7.64. The number of pyridine rings is 1. The van der Waals surface area contributed by atoms with Crippen LogP contribution in [0.3, 0.4) is 0 Å². The summed E-state index contributed by atoms with van der Waals surface area (Å²) in [7, 11) is 3.93. The Morgan fingerprint density at radius 3 is 2.76 bits per heavy atom. The number of hydrogen-bond acceptors (Lipinski definition) is 4. The number of hydrogen-bond donors (Lipinski definition) is 2. The molecule has 0 aliphatic heterocycles. The van der Waals surface area contributed by atoms with Crippen LogP contribution < -0.4 is 10.6 Å². The number of nitrogens with two attached hydrogens (primary N) is 1. The topological polar surface area (TPSA) is 70.8 Å². The largest absolute Gasteiger partial charge is 0.363 e. The van der Waals surface area contributed by atoms with Crippen molar-refractivity contribution in [1.29, 1.82) is 0 Å². The Kier molecular flexibility index (Phi) is 3.28. The zero-order valence-corrected chi connectivity index (χ0v) is 10.6.